The molecule has 1 saturated heterocycles. The molecule has 0 saturated carbocycles. The van der Waals surface area contributed by atoms with Gasteiger partial charge in [-0.3, -0.25) is 4.79 Å². The molecule has 0 aromatic heterocycles. The van der Waals surface area contributed by atoms with Crippen LogP contribution < -0.4 is 4.74 Å². The van der Waals surface area contributed by atoms with E-state index in [4.69, 9.17) is 9.84 Å². The van der Waals surface area contributed by atoms with Crippen LogP contribution in [0.25, 0.3) is 0 Å². The van der Waals surface area contributed by atoms with Crippen molar-refractivity contribution in [1.82, 2.24) is 4.90 Å². The lowest BCUT2D eigenvalue weighted by Gasteiger charge is -2.35. The summed E-state index contributed by atoms with van der Waals surface area (Å²) in [6.45, 7) is 5.18. The number of piperidine rings is 1. The second-order valence-corrected chi connectivity index (χ2v) is 6.79. The molecule has 0 unspecified atom stereocenters. The van der Waals surface area contributed by atoms with Crippen molar-refractivity contribution in [3.8, 4) is 5.75 Å². The Bertz CT molecular complexity index is 620. The van der Waals surface area contributed by atoms with E-state index in [0.717, 1.165) is 29.7 Å². The molecule has 0 aliphatic carbocycles. The number of aliphatic carboxylic acids is 1. The van der Waals surface area contributed by atoms with Crippen LogP contribution in [0.15, 0.2) is 18.2 Å². The zero-order valence-corrected chi connectivity index (χ0v) is 15.0. The number of unbranched alkanes of at least 4 members (excludes halogenated alkanes) is 1. The number of rotatable bonds is 7. The number of benzene rings is 1. The molecule has 25 heavy (non-hydrogen) atoms. The highest BCUT2D eigenvalue weighted by atomic mass is 16.5. The summed E-state index contributed by atoms with van der Waals surface area (Å²) >= 11 is 0. The third-order valence-corrected chi connectivity index (χ3v) is 4.73. The van der Waals surface area contributed by atoms with Crippen LogP contribution in [0.1, 0.15) is 43.2 Å². The number of amides is 1. The van der Waals surface area contributed by atoms with Crippen molar-refractivity contribution in [3.63, 3.8) is 0 Å². The topological polar surface area (TPSA) is 87.1 Å². The van der Waals surface area contributed by atoms with Gasteiger partial charge in [0.1, 0.15) is 5.75 Å². The van der Waals surface area contributed by atoms with Gasteiger partial charge in [-0.1, -0.05) is 12.1 Å². The Kier molecular flexibility index (Phi) is 6.42. The van der Waals surface area contributed by atoms with E-state index in [2.05, 4.69) is 0 Å². The Morgan fingerprint density at radius 1 is 1.20 bits per heavy atom. The maximum absolute atomic E-state index is 12.2. The van der Waals surface area contributed by atoms with Crippen LogP contribution >= 0.6 is 0 Å². The number of carbonyl (C=O) groups excluding carboxylic acids is 1. The first-order valence-electron chi connectivity index (χ1n) is 8.75. The second-order valence-electron chi connectivity index (χ2n) is 6.79. The number of likely N-dealkylation sites (tertiary alicyclic amines) is 1. The zero-order chi connectivity index (χ0) is 18.4. The van der Waals surface area contributed by atoms with E-state index >= 15 is 0 Å². The number of hydrogen-bond donors (Lipinski definition) is 2. The molecule has 138 valence electrons. The molecular formula is C19H27NO5. The van der Waals surface area contributed by atoms with Crippen molar-refractivity contribution in [2.24, 2.45) is 0 Å². The van der Waals surface area contributed by atoms with E-state index in [1.54, 1.807) is 4.90 Å². The number of carboxylic acids is 1. The molecule has 1 aliphatic heterocycles. The van der Waals surface area contributed by atoms with Gasteiger partial charge in [-0.05, 0) is 43.9 Å². The molecule has 0 bridgehead atoms. The van der Waals surface area contributed by atoms with Gasteiger partial charge in [-0.15, -0.1) is 0 Å². The second kappa shape index (κ2) is 8.34. The first-order valence-corrected chi connectivity index (χ1v) is 8.75. The van der Waals surface area contributed by atoms with Gasteiger partial charge in [0.05, 0.1) is 6.61 Å². The average Bonchev–Trinajstić information content (AvgIpc) is 2.58. The molecule has 2 rings (SSSR count). The van der Waals surface area contributed by atoms with E-state index in [-0.39, 0.29) is 18.7 Å². The number of aryl methyl sites for hydroxylation is 2. The van der Waals surface area contributed by atoms with Gasteiger partial charge in [0, 0.05) is 32.4 Å². The van der Waals surface area contributed by atoms with Crippen molar-refractivity contribution in [3.05, 3.63) is 29.3 Å². The largest absolute Gasteiger partial charge is 0.493 e. The molecule has 1 heterocycles. The number of nitrogens with zero attached hydrogens (tertiary/aromatic N) is 1. The first kappa shape index (κ1) is 19.2. The van der Waals surface area contributed by atoms with Gasteiger partial charge in [0.2, 0.25) is 5.91 Å². The standard InChI is InChI=1S/C19H27NO5/c1-14-6-7-15(2)16(13-14)25-12-4-3-5-17(21)20-10-8-19(24,9-11-20)18(22)23/h6-7,13,24H,3-5,8-12H2,1-2H3,(H,22,23). The summed E-state index contributed by atoms with van der Waals surface area (Å²) in [5, 5.41) is 18.9. The van der Waals surface area contributed by atoms with Crippen LogP contribution in [0, 0.1) is 13.8 Å². The Balaban J connectivity index is 1.66. The fraction of sp³-hybridized carbons (Fsp3) is 0.579. The van der Waals surface area contributed by atoms with Crippen molar-refractivity contribution in [1.29, 1.82) is 0 Å². The molecule has 2 N–H and O–H groups in total. The van der Waals surface area contributed by atoms with E-state index in [1.807, 2.05) is 32.0 Å². The highest BCUT2D eigenvalue weighted by molar-refractivity contribution is 5.79. The minimum Gasteiger partial charge on any atom is -0.493 e. The van der Waals surface area contributed by atoms with Gasteiger partial charge in [0.15, 0.2) is 5.60 Å². The number of hydrogen-bond acceptors (Lipinski definition) is 4. The van der Waals surface area contributed by atoms with Crippen molar-refractivity contribution in [2.45, 2.75) is 51.6 Å². The zero-order valence-electron chi connectivity index (χ0n) is 15.0. The maximum atomic E-state index is 12.2. The highest BCUT2D eigenvalue weighted by Crippen LogP contribution is 2.23. The van der Waals surface area contributed by atoms with Crippen LogP contribution in [-0.4, -0.2) is 52.3 Å². The molecule has 1 aromatic rings. The minimum absolute atomic E-state index is 0.0131. The number of aliphatic hydroxyl groups is 1. The minimum atomic E-state index is -1.68. The van der Waals surface area contributed by atoms with Crippen LogP contribution in [0.3, 0.4) is 0 Å². The van der Waals surface area contributed by atoms with Crippen LogP contribution in [0.4, 0.5) is 0 Å². The molecule has 0 radical (unpaired) electrons. The summed E-state index contributed by atoms with van der Waals surface area (Å²) < 4.78 is 5.78. The Labute approximate surface area is 148 Å². The quantitative estimate of drug-likeness (QED) is 0.738. The molecule has 1 amide bonds. The summed E-state index contributed by atoms with van der Waals surface area (Å²) in [4.78, 5) is 24.8. The molecule has 0 atom stereocenters. The first-order chi connectivity index (χ1) is 11.8. The predicted octanol–water partition coefficient (Wildman–Crippen LogP) is 2.29. The van der Waals surface area contributed by atoms with Crippen LogP contribution in [-0.2, 0) is 9.59 Å². The third-order valence-electron chi connectivity index (χ3n) is 4.73. The van der Waals surface area contributed by atoms with E-state index in [1.165, 1.54) is 0 Å². The molecule has 0 spiro atoms. The monoisotopic (exact) mass is 349 g/mol. The number of ether oxygens (including phenoxy) is 1. The fourth-order valence-corrected chi connectivity index (χ4v) is 2.92. The third kappa shape index (κ3) is 5.19. The van der Waals surface area contributed by atoms with Crippen LogP contribution in [0.2, 0.25) is 0 Å². The van der Waals surface area contributed by atoms with Gasteiger partial charge >= 0.3 is 5.97 Å². The van der Waals surface area contributed by atoms with E-state index in [0.29, 0.717) is 26.1 Å². The molecule has 1 fully saturated rings. The Morgan fingerprint density at radius 2 is 1.88 bits per heavy atom. The summed E-state index contributed by atoms with van der Waals surface area (Å²) in [5.41, 5.74) is 0.569. The Morgan fingerprint density at radius 3 is 2.52 bits per heavy atom. The number of carboxylic acid groups (broad SMARTS) is 1. The summed E-state index contributed by atoms with van der Waals surface area (Å²) in [5.74, 6) is -0.308. The summed E-state index contributed by atoms with van der Waals surface area (Å²) in [7, 11) is 0. The lowest BCUT2D eigenvalue weighted by atomic mass is 9.91. The predicted molar refractivity (Wildman–Crippen MR) is 93.7 cm³/mol. The van der Waals surface area contributed by atoms with Gasteiger partial charge in [-0.25, -0.2) is 4.79 Å². The lowest BCUT2D eigenvalue weighted by molar-refractivity contribution is -0.165. The fourth-order valence-electron chi connectivity index (χ4n) is 2.92. The van der Waals surface area contributed by atoms with Crippen molar-refractivity contribution in [2.75, 3.05) is 19.7 Å². The Hall–Kier alpha value is -2.08. The van der Waals surface area contributed by atoms with E-state index < -0.39 is 11.6 Å². The SMILES string of the molecule is Cc1ccc(C)c(OCCCCC(=O)N2CCC(O)(C(=O)O)CC2)c1. The molecular weight excluding hydrogens is 322 g/mol. The molecule has 6 heteroatoms. The highest BCUT2D eigenvalue weighted by Gasteiger charge is 2.40. The lowest BCUT2D eigenvalue weighted by Crippen LogP contribution is -2.50. The van der Waals surface area contributed by atoms with Gasteiger partial charge in [-0.2, -0.15) is 0 Å². The molecule has 6 nitrogen and oxygen atoms in total. The normalized spacial score (nSPS) is 16.5. The summed E-state index contributed by atoms with van der Waals surface area (Å²) in [6, 6.07) is 6.09. The maximum Gasteiger partial charge on any atom is 0.335 e. The number of carbonyl (C=O) groups is 2. The van der Waals surface area contributed by atoms with E-state index in [9.17, 15) is 14.7 Å². The van der Waals surface area contributed by atoms with Crippen molar-refractivity contribution < 1.29 is 24.5 Å². The van der Waals surface area contributed by atoms with Crippen LogP contribution in [0.5, 0.6) is 5.75 Å². The van der Waals surface area contributed by atoms with Gasteiger partial charge < -0.3 is 19.8 Å². The summed E-state index contributed by atoms with van der Waals surface area (Å²) in [6.07, 6.45) is 2.10. The molecule has 1 aromatic carbocycles. The molecule has 1 aliphatic rings. The van der Waals surface area contributed by atoms with Gasteiger partial charge in [0.25, 0.3) is 0 Å². The van der Waals surface area contributed by atoms with Crippen molar-refractivity contribution >= 4 is 11.9 Å². The smallest absolute Gasteiger partial charge is 0.335 e. The average molecular weight is 349 g/mol.